The molecule has 2 aromatic rings. The second kappa shape index (κ2) is 8.62. The zero-order valence-corrected chi connectivity index (χ0v) is 16.2. The van der Waals surface area contributed by atoms with Crippen LogP contribution in [0.4, 0.5) is 0 Å². The maximum absolute atomic E-state index is 12.9. The molecule has 0 radical (unpaired) electrons. The number of rotatable bonds is 6. The van der Waals surface area contributed by atoms with Gasteiger partial charge in [-0.25, -0.2) is 0 Å². The molecule has 1 aromatic carbocycles. The summed E-state index contributed by atoms with van der Waals surface area (Å²) in [5.41, 5.74) is 2.71. The molecule has 8 heteroatoms. The highest BCUT2D eigenvalue weighted by atomic mass is 16.5. The van der Waals surface area contributed by atoms with Gasteiger partial charge in [-0.15, -0.1) is 0 Å². The van der Waals surface area contributed by atoms with E-state index in [4.69, 9.17) is 9.47 Å². The van der Waals surface area contributed by atoms with Crippen LogP contribution in [-0.2, 0) is 13.0 Å². The van der Waals surface area contributed by atoms with Gasteiger partial charge >= 0.3 is 0 Å². The van der Waals surface area contributed by atoms with Crippen molar-refractivity contribution >= 4 is 5.91 Å². The molecule has 0 spiro atoms. The summed E-state index contributed by atoms with van der Waals surface area (Å²) in [6.07, 6.45) is 0.899. The molecule has 1 amide bonds. The molecule has 2 N–H and O–H groups in total. The lowest BCUT2D eigenvalue weighted by atomic mass is 10.1. The first-order valence-electron chi connectivity index (χ1n) is 9.80. The number of carbonyl (C=O) groups excluding carboxylic acids is 1. The lowest BCUT2D eigenvalue weighted by Gasteiger charge is -2.34. The lowest BCUT2D eigenvalue weighted by molar-refractivity contribution is 0.0613. The highest BCUT2D eigenvalue weighted by Gasteiger charge is 2.27. The first-order valence-corrected chi connectivity index (χ1v) is 9.80. The Hall–Kier alpha value is -2.58. The van der Waals surface area contributed by atoms with Crippen LogP contribution in [0.5, 0.6) is 11.5 Å². The minimum Gasteiger partial charge on any atom is -0.497 e. The van der Waals surface area contributed by atoms with Crippen LogP contribution in [0.1, 0.15) is 21.7 Å². The van der Waals surface area contributed by atoms with E-state index in [2.05, 4.69) is 20.4 Å². The Bertz CT molecular complexity index is 814. The number of nitrogens with zero attached hydrogens (tertiary/aromatic N) is 3. The number of methoxy groups -OCH3 is 1. The predicted octanol–water partition coefficient (Wildman–Crippen LogP) is 0.901. The van der Waals surface area contributed by atoms with Crippen LogP contribution in [0.25, 0.3) is 0 Å². The molecule has 1 aromatic heterocycles. The molecule has 28 heavy (non-hydrogen) atoms. The van der Waals surface area contributed by atoms with Crippen molar-refractivity contribution in [2.75, 3.05) is 53.0 Å². The Morgan fingerprint density at radius 2 is 2.04 bits per heavy atom. The summed E-state index contributed by atoms with van der Waals surface area (Å²) in [4.78, 5) is 17.1. The van der Waals surface area contributed by atoms with Crippen molar-refractivity contribution in [1.82, 2.24) is 25.3 Å². The van der Waals surface area contributed by atoms with Gasteiger partial charge in [0.1, 0.15) is 18.1 Å². The molecule has 0 aliphatic carbocycles. The highest BCUT2D eigenvalue weighted by molar-refractivity contribution is 5.94. The Morgan fingerprint density at radius 1 is 1.21 bits per heavy atom. The molecular formula is C20H27N5O3. The maximum atomic E-state index is 12.9. The van der Waals surface area contributed by atoms with Crippen molar-refractivity contribution in [1.29, 1.82) is 0 Å². The third-order valence-electron chi connectivity index (χ3n) is 5.39. The first kappa shape index (κ1) is 18.8. The van der Waals surface area contributed by atoms with Crippen molar-refractivity contribution in [3.05, 3.63) is 41.2 Å². The van der Waals surface area contributed by atoms with E-state index in [1.807, 2.05) is 29.2 Å². The summed E-state index contributed by atoms with van der Waals surface area (Å²) < 4.78 is 11.0. The fraction of sp³-hybridized carbons (Fsp3) is 0.500. The molecule has 0 bridgehead atoms. The van der Waals surface area contributed by atoms with E-state index in [0.717, 1.165) is 55.4 Å². The van der Waals surface area contributed by atoms with Gasteiger partial charge in [0.05, 0.1) is 7.11 Å². The number of H-pyrrole nitrogens is 1. The molecule has 8 nitrogen and oxygen atoms in total. The molecule has 0 atom stereocenters. The lowest BCUT2D eigenvalue weighted by Crippen LogP contribution is -2.49. The number of piperazine rings is 1. The second-order valence-electron chi connectivity index (χ2n) is 7.12. The molecule has 2 aliphatic rings. The summed E-state index contributed by atoms with van der Waals surface area (Å²) in [6, 6.07) is 7.63. The molecular weight excluding hydrogens is 358 g/mol. The van der Waals surface area contributed by atoms with E-state index in [-0.39, 0.29) is 5.91 Å². The number of aromatic nitrogens is 2. The molecule has 150 valence electrons. The summed E-state index contributed by atoms with van der Waals surface area (Å²) in [5, 5.41) is 10.6. The van der Waals surface area contributed by atoms with Crippen LogP contribution in [0, 0.1) is 0 Å². The van der Waals surface area contributed by atoms with Crippen molar-refractivity contribution in [3.63, 3.8) is 0 Å². The van der Waals surface area contributed by atoms with Crippen LogP contribution in [0.2, 0.25) is 0 Å². The summed E-state index contributed by atoms with van der Waals surface area (Å²) in [7, 11) is 1.65. The van der Waals surface area contributed by atoms with Crippen molar-refractivity contribution in [3.8, 4) is 11.5 Å². The molecule has 0 saturated carbocycles. The van der Waals surface area contributed by atoms with Gasteiger partial charge < -0.3 is 19.7 Å². The van der Waals surface area contributed by atoms with E-state index >= 15 is 0 Å². The number of amides is 1. The normalized spacial score (nSPS) is 17.2. The molecule has 3 heterocycles. The van der Waals surface area contributed by atoms with Crippen molar-refractivity contribution in [2.24, 2.45) is 0 Å². The third-order valence-corrected chi connectivity index (χ3v) is 5.39. The van der Waals surface area contributed by atoms with Crippen LogP contribution >= 0.6 is 0 Å². The van der Waals surface area contributed by atoms with Gasteiger partial charge in [-0.1, -0.05) is 6.07 Å². The number of aromatic amines is 1. The summed E-state index contributed by atoms with van der Waals surface area (Å²) >= 11 is 0. The van der Waals surface area contributed by atoms with Crippen LogP contribution in [0.3, 0.4) is 0 Å². The minimum atomic E-state index is 0.0356. The standard InChI is InChI=1S/C20H27N5O3/c1-27-15-3-2-4-16(13-15)28-12-11-24-7-9-25(10-8-24)20(26)19-17-14-21-6-5-18(17)22-23-19/h2-4,13,21H,5-12,14H2,1H3,(H,22,23). The second-order valence-corrected chi connectivity index (χ2v) is 7.12. The van der Waals surface area contributed by atoms with Crippen LogP contribution in [-0.4, -0.2) is 78.9 Å². The first-order chi connectivity index (χ1) is 13.7. The Morgan fingerprint density at radius 3 is 2.86 bits per heavy atom. The quantitative estimate of drug-likeness (QED) is 0.769. The fourth-order valence-electron chi connectivity index (χ4n) is 3.71. The molecule has 0 unspecified atom stereocenters. The smallest absolute Gasteiger partial charge is 0.274 e. The van der Waals surface area contributed by atoms with Gasteiger partial charge in [0.25, 0.3) is 5.91 Å². The number of fused-ring (bicyclic) bond motifs is 1. The average molecular weight is 385 g/mol. The van der Waals surface area contributed by atoms with Crippen molar-refractivity contribution in [2.45, 2.75) is 13.0 Å². The van der Waals surface area contributed by atoms with Crippen LogP contribution in [0.15, 0.2) is 24.3 Å². The van der Waals surface area contributed by atoms with Gasteiger partial charge in [-0.05, 0) is 12.1 Å². The van der Waals surface area contributed by atoms with Gasteiger partial charge in [0.15, 0.2) is 5.69 Å². The van der Waals surface area contributed by atoms with Crippen molar-refractivity contribution < 1.29 is 14.3 Å². The Labute approximate surface area is 164 Å². The monoisotopic (exact) mass is 385 g/mol. The highest BCUT2D eigenvalue weighted by Crippen LogP contribution is 2.19. The number of ether oxygens (including phenoxy) is 2. The Kier molecular flexibility index (Phi) is 5.78. The van der Waals surface area contributed by atoms with E-state index in [1.54, 1.807) is 7.11 Å². The molecule has 4 rings (SSSR count). The number of carbonyl (C=O) groups is 1. The molecule has 2 aliphatic heterocycles. The minimum absolute atomic E-state index is 0.0356. The van der Waals surface area contributed by atoms with Gasteiger partial charge in [-0.3, -0.25) is 14.8 Å². The predicted molar refractivity (Wildman–Crippen MR) is 105 cm³/mol. The number of nitrogens with one attached hydrogen (secondary N) is 2. The number of hydrogen-bond acceptors (Lipinski definition) is 6. The van der Waals surface area contributed by atoms with Gasteiger partial charge in [0, 0.05) is 69.6 Å². The topological polar surface area (TPSA) is 82.7 Å². The van der Waals surface area contributed by atoms with E-state index in [9.17, 15) is 4.79 Å². The largest absolute Gasteiger partial charge is 0.497 e. The van der Waals surface area contributed by atoms with E-state index in [0.29, 0.717) is 31.9 Å². The fourth-order valence-corrected chi connectivity index (χ4v) is 3.71. The SMILES string of the molecule is COc1cccc(OCCN2CCN(C(=O)c3n[nH]c4c3CNCC4)CC2)c1. The summed E-state index contributed by atoms with van der Waals surface area (Å²) in [5.74, 6) is 1.64. The average Bonchev–Trinajstić information content (AvgIpc) is 3.18. The zero-order chi connectivity index (χ0) is 19.3. The van der Waals surface area contributed by atoms with Crippen LogP contribution < -0.4 is 14.8 Å². The van der Waals surface area contributed by atoms with Gasteiger partial charge in [-0.2, -0.15) is 5.10 Å². The summed E-state index contributed by atoms with van der Waals surface area (Å²) in [6.45, 7) is 6.21. The maximum Gasteiger partial charge on any atom is 0.274 e. The Balaban J connectivity index is 1.24. The van der Waals surface area contributed by atoms with E-state index < -0.39 is 0 Å². The molecule has 1 fully saturated rings. The van der Waals surface area contributed by atoms with E-state index in [1.165, 1.54) is 0 Å². The molecule has 1 saturated heterocycles. The number of benzene rings is 1. The zero-order valence-electron chi connectivity index (χ0n) is 16.2. The number of hydrogen-bond donors (Lipinski definition) is 2. The van der Waals surface area contributed by atoms with Gasteiger partial charge in [0.2, 0.25) is 0 Å². The third kappa shape index (κ3) is 4.13.